The molecule has 1 saturated heterocycles. The van der Waals surface area contributed by atoms with E-state index >= 15 is 0 Å². The Morgan fingerprint density at radius 3 is 2.26 bits per heavy atom. The highest BCUT2D eigenvalue weighted by Gasteiger charge is 2.50. The van der Waals surface area contributed by atoms with E-state index in [1.165, 1.54) is 0 Å². The average Bonchev–Trinajstić information content (AvgIpc) is 3.34. The van der Waals surface area contributed by atoms with Crippen molar-refractivity contribution in [2.45, 2.75) is 57.3 Å². The first-order valence-electron chi connectivity index (χ1n) is 12.6. The van der Waals surface area contributed by atoms with Gasteiger partial charge in [0.05, 0.1) is 40.1 Å². The molecule has 2 aromatic carbocycles. The van der Waals surface area contributed by atoms with Gasteiger partial charge in [0.25, 0.3) is 5.91 Å². The highest BCUT2D eigenvalue weighted by Crippen LogP contribution is 2.51. The number of benzene rings is 2. The first kappa shape index (κ1) is 29.1. The molecule has 0 spiro atoms. The normalized spacial score (nSPS) is 20.3. The van der Waals surface area contributed by atoms with Crippen LogP contribution in [0.3, 0.4) is 0 Å². The molecular formula is C29H37NO8. The summed E-state index contributed by atoms with van der Waals surface area (Å²) in [6.45, 7) is 4.32. The molecule has 3 unspecified atom stereocenters. The lowest BCUT2D eigenvalue weighted by molar-refractivity contribution is -0.151. The Morgan fingerprint density at radius 1 is 1.08 bits per heavy atom. The van der Waals surface area contributed by atoms with E-state index in [0.717, 1.165) is 23.3 Å². The molecule has 1 amide bonds. The van der Waals surface area contributed by atoms with Crippen molar-refractivity contribution in [2.75, 3.05) is 35.0 Å². The van der Waals surface area contributed by atoms with E-state index in [1.807, 2.05) is 36.4 Å². The van der Waals surface area contributed by atoms with Gasteiger partial charge in [-0.25, -0.2) is 0 Å². The molecule has 0 radical (unpaired) electrons. The fourth-order valence-electron chi connectivity index (χ4n) is 4.56. The van der Waals surface area contributed by atoms with Crippen LogP contribution in [0, 0.1) is 12.0 Å². The molecule has 3 atom stereocenters. The minimum atomic E-state index is -0.994. The first-order valence-corrected chi connectivity index (χ1v) is 12.6. The molecule has 2 aromatic rings. The number of hydroxylamine groups is 2. The van der Waals surface area contributed by atoms with Crippen LogP contribution in [0.4, 0.5) is 0 Å². The Hall–Kier alpha value is -3.45. The Labute approximate surface area is 224 Å². The van der Waals surface area contributed by atoms with Crippen molar-refractivity contribution in [3.05, 3.63) is 47.5 Å². The first-order chi connectivity index (χ1) is 18.4. The molecule has 1 aliphatic rings. The van der Waals surface area contributed by atoms with Crippen LogP contribution in [0.15, 0.2) is 36.4 Å². The van der Waals surface area contributed by atoms with Crippen molar-refractivity contribution in [3.63, 3.8) is 0 Å². The number of methoxy groups -OCH3 is 4. The SMILES string of the molecule is CCCOc1ccc(C2(CC#CN(O)C(=O)CC)OC(c3cc(OC)c(OC)c(OC)c3)CC2OC)cc1. The summed E-state index contributed by atoms with van der Waals surface area (Å²) in [6, 6.07) is 13.9. The van der Waals surface area contributed by atoms with E-state index in [0.29, 0.717) is 35.3 Å². The van der Waals surface area contributed by atoms with Crippen LogP contribution in [0.1, 0.15) is 56.8 Å². The van der Waals surface area contributed by atoms with Gasteiger partial charge in [-0.05, 0) is 41.8 Å². The second-order valence-electron chi connectivity index (χ2n) is 8.81. The standard InChI is InChI=1S/C29H37NO8/c1-7-16-37-22-12-10-21(11-13-22)29(14-9-15-30(32)27(31)8-2)26(35-5)19-23(38-29)20-17-24(33-3)28(36-6)25(18-20)34-4/h10-13,17-18,23,26,32H,7-8,14,16,19H2,1-6H3. The van der Waals surface area contributed by atoms with Crippen molar-refractivity contribution in [2.24, 2.45) is 0 Å². The maximum Gasteiger partial charge on any atom is 0.257 e. The minimum Gasteiger partial charge on any atom is -0.494 e. The number of carbonyl (C=O) groups is 1. The molecule has 9 nitrogen and oxygen atoms in total. The number of nitrogens with zero attached hydrogens (tertiary/aromatic N) is 1. The van der Waals surface area contributed by atoms with Gasteiger partial charge in [0.2, 0.25) is 5.75 Å². The van der Waals surface area contributed by atoms with Gasteiger partial charge in [0, 0.05) is 32.4 Å². The fraction of sp³-hybridized carbons (Fsp3) is 0.483. The van der Waals surface area contributed by atoms with Gasteiger partial charge < -0.3 is 28.4 Å². The molecule has 0 bridgehead atoms. The van der Waals surface area contributed by atoms with Crippen LogP contribution >= 0.6 is 0 Å². The fourth-order valence-corrected chi connectivity index (χ4v) is 4.56. The molecule has 3 rings (SSSR count). The van der Waals surface area contributed by atoms with Gasteiger partial charge in [0.15, 0.2) is 11.5 Å². The average molecular weight is 528 g/mol. The monoisotopic (exact) mass is 527 g/mol. The van der Waals surface area contributed by atoms with Crippen LogP contribution < -0.4 is 18.9 Å². The quantitative estimate of drug-likeness (QED) is 0.192. The van der Waals surface area contributed by atoms with E-state index in [2.05, 4.69) is 18.9 Å². The second kappa shape index (κ2) is 13.4. The summed E-state index contributed by atoms with van der Waals surface area (Å²) in [5, 5.41) is 10.4. The summed E-state index contributed by atoms with van der Waals surface area (Å²) in [7, 11) is 6.31. The Bertz CT molecular complexity index is 1110. The predicted octanol–water partition coefficient (Wildman–Crippen LogP) is 4.85. The summed E-state index contributed by atoms with van der Waals surface area (Å²) < 4.78 is 35.1. The third kappa shape index (κ3) is 6.16. The van der Waals surface area contributed by atoms with Crippen LogP contribution in [-0.4, -0.2) is 57.3 Å². The predicted molar refractivity (Wildman–Crippen MR) is 141 cm³/mol. The number of hydrogen-bond acceptors (Lipinski definition) is 8. The molecule has 1 N–H and O–H groups in total. The number of hydrogen-bond donors (Lipinski definition) is 1. The number of ether oxygens (including phenoxy) is 6. The van der Waals surface area contributed by atoms with E-state index in [1.54, 1.807) is 35.4 Å². The zero-order valence-electron chi connectivity index (χ0n) is 22.9. The zero-order chi connectivity index (χ0) is 27.7. The maximum absolute atomic E-state index is 11.8. The third-order valence-electron chi connectivity index (χ3n) is 6.53. The Kier molecular flexibility index (Phi) is 10.2. The van der Waals surface area contributed by atoms with Gasteiger partial charge in [-0.2, -0.15) is 0 Å². The van der Waals surface area contributed by atoms with Crippen LogP contribution in [0.2, 0.25) is 0 Å². The number of carbonyl (C=O) groups excluding carboxylic acids is 1. The van der Waals surface area contributed by atoms with E-state index in [-0.39, 0.29) is 12.8 Å². The highest BCUT2D eigenvalue weighted by atomic mass is 16.6. The Balaban J connectivity index is 2.04. The summed E-state index contributed by atoms with van der Waals surface area (Å²) in [4.78, 5) is 11.8. The Morgan fingerprint density at radius 2 is 1.74 bits per heavy atom. The molecular weight excluding hydrogens is 490 g/mol. The van der Waals surface area contributed by atoms with Gasteiger partial charge in [-0.1, -0.05) is 31.9 Å². The largest absolute Gasteiger partial charge is 0.494 e. The zero-order valence-corrected chi connectivity index (χ0v) is 22.9. The molecule has 0 aliphatic carbocycles. The van der Waals surface area contributed by atoms with Crippen molar-refractivity contribution in [1.29, 1.82) is 0 Å². The lowest BCUT2D eigenvalue weighted by Gasteiger charge is -2.33. The minimum absolute atomic E-state index is 0.135. The van der Waals surface area contributed by atoms with Gasteiger partial charge >= 0.3 is 0 Å². The number of rotatable bonds is 11. The van der Waals surface area contributed by atoms with E-state index in [9.17, 15) is 10.0 Å². The molecule has 0 aromatic heterocycles. The summed E-state index contributed by atoms with van der Waals surface area (Å²) in [5.41, 5.74) is 0.666. The van der Waals surface area contributed by atoms with E-state index < -0.39 is 23.7 Å². The molecule has 1 fully saturated rings. The van der Waals surface area contributed by atoms with Crippen LogP contribution in [-0.2, 0) is 19.9 Å². The van der Waals surface area contributed by atoms with Crippen molar-refractivity contribution >= 4 is 5.91 Å². The third-order valence-corrected chi connectivity index (χ3v) is 6.53. The lowest BCUT2D eigenvalue weighted by atomic mass is 9.85. The topological polar surface area (TPSA) is 95.9 Å². The summed E-state index contributed by atoms with van der Waals surface area (Å²) in [5.74, 6) is 4.71. The van der Waals surface area contributed by atoms with Crippen LogP contribution in [0.5, 0.6) is 23.0 Å². The number of amides is 1. The van der Waals surface area contributed by atoms with Crippen molar-refractivity contribution in [1.82, 2.24) is 5.06 Å². The van der Waals surface area contributed by atoms with Gasteiger partial charge in [0.1, 0.15) is 11.4 Å². The molecule has 206 valence electrons. The lowest BCUT2D eigenvalue weighted by Crippen LogP contribution is -2.37. The molecule has 9 heteroatoms. The van der Waals surface area contributed by atoms with Gasteiger partial charge in [-0.15, -0.1) is 5.06 Å². The highest BCUT2D eigenvalue weighted by molar-refractivity contribution is 5.76. The summed E-state index contributed by atoms with van der Waals surface area (Å²) >= 11 is 0. The second-order valence-corrected chi connectivity index (χ2v) is 8.81. The molecule has 38 heavy (non-hydrogen) atoms. The molecule has 1 aliphatic heterocycles. The van der Waals surface area contributed by atoms with Crippen molar-refractivity contribution in [3.8, 4) is 35.0 Å². The smallest absolute Gasteiger partial charge is 0.257 e. The van der Waals surface area contributed by atoms with E-state index in [4.69, 9.17) is 28.4 Å². The van der Waals surface area contributed by atoms with Crippen molar-refractivity contribution < 1.29 is 38.4 Å². The maximum atomic E-state index is 11.8. The van der Waals surface area contributed by atoms with Crippen LogP contribution in [0.25, 0.3) is 0 Å². The van der Waals surface area contributed by atoms with Gasteiger partial charge in [-0.3, -0.25) is 10.0 Å². The summed E-state index contributed by atoms with van der Waals surface area (Å²) in [6.07, 6.45) is 0.930. The molecule has 0 saturated carbocycles. The molecule has 1 heterocycles.